The van der Waals surface area contributed by atoms with Gasteiger partial charge in [0.25, 0.3) is 0 Å². The quantitative estimate of drug-likeness (QED) is 0.129. The van der Waals surface area contributed by atoms with Gasteiger partial charge in [-0.3, -0.25) is 24.3 Å². The van der Waals surface area contributed by atoms with E-state index in [1.165, 1.54) is 4.90 Å². The third-order valence-corrected chi connectivity index (χ3v) is 8.24. The number of nitrogens with zero attached hydrogens (tertiary/aromatic N) is 2. The smallest absolute Gasteiger partial charge is 0.303 e. The van der Waals surface area contributed by atoms with Crippen molar-refractivity contribution in [1.82, 2.24) is 9.88 Å². The summed E-state index contributed by atoms with van der Waals surface area (Å²) >= 11 is 0. The van der Waals surface area contributed by atoms with E-state index in [1.807, 2.05) is 12.1 Å². The summed E-state index contributed by atoms with van der Waals surface area (Å²) in [5.41, 5.74) is 2.87. The zero-order valence-corrected chi connectivity index (χ0v) is 23.4. The van der Waals surface area contributed by atoms with Crippen LogP contribution in [0.3, 0.4) is 0 Å². The normalized spacial score (nSPS) is 21.5. The molecule has 4 atom stereocenters. The van der Waals surface area contributed by atoms with Crippen LogP contribution in [-0.2, 0) is 14.4 Å². The fourth-order valence-electron chi connectivity index (χ4n) is 6.19. The number of phenolic OH excluding ortho intramolecular Hbond substituents is 1. The van der Waals surface area contributed by atoms with Crippen molar-refractivity contribution in [2.75, 3.05) is 19.8 Å². The zero-order valence-electron chi connectivity index (χ0n) is 23.4. The van der Waals surface area contributed by atoms with E-state index in [9.17, 15) is 34.8 Å². The van der Waals surface area contributed by atoms with Gasteiger partial charge in [-0.2, -0.15) is 0 Å². The van der Waals surface area contributed by atoms with Gasteiger partial charge in [-0.15, -0.1) is 0 Å². The number of aliphatic hydroxyl groups is 3. The van der Waals surface area contributed by atoms with Crippen molar-refractivity contribution in [2.24, 2.45) is 17.8 Å². The molecule has 2 amide bonds. The SMILES string of the molecule is O=C(O)CCCCCN1C(=O)[C@@H]2[C@@H](CC(CO)=C([C@H](O)CC/C(=C/c3ccccc3O)c3ccccn3)[C@@H]2CO)C1=O. The standard InChI is InChI=1S/C32H38N2O8/c35-18-22-17-23-30(32(42)34(31(23)41)15-7-1-2-11-28(39)40)24(19-36)29(22)27(38)13-12-20(25-9-5-6-14-33-25)16-21-8-3-4-10-26(21)37/h3-6,8-10,14,16,23-24,27,30,35-38H,1-2,7,11-13,15,17-19H2,(H,39,40)/b20-16-/t23-,24+,27-,30-/m1/s1. The van der Waals surface area contributed by atoms with Gasteiger partial charge in [0.15, 0.2) is 0 Å². The average Bonchev–Trinajstić information content (AvgIpc) is 3.23. The van der Waals surface area contributed by atoms with E-state index in [2.05, 4.69) is 4.98 Å². The summed E-state index contributed by atoms with van der Waals surface area (Å²) in [5.74, 6) is -3.94. The lowest BCUT2D eigenvalue weighted by Crippen LogP contribution is -2.39. The molecule has 4 rings (SSSR count). The van der Waals surface area contributed by atoms with Crippen LogP contribution in [0.25, 0.3) is 11.6 Å². The van der Waals surface area contributed by atoms with E-state index < -0.39 is 48.9 Å². The Morgan fingerprint density at radius 3 is 2.45 bits per heavy atom. The van der Waals surface area contributed by atoms with Gasteiger partial charge < -0.3 is 25.5 Å². The predicted octanol–water partition coefficient (Wildman–Crippen LogP) is 3.02. The van der Waals surface area contributed by atoms with Gasteiger partial charge in [-0.1, -0.05) is 30.7 Å². The molecule has 0 unspecified atom stereocenters. The molecule has 1 saturated heterocycles. The molecule has 0 spiro atoms. The van der Waals surface area contributed by atoms with Crippen molar-refractivity contribution >= 4 is 29.4 Å². The number of carbonyl (C=O) groups is 3. The Morgan fingerprint density at radius 2 is 1.79 bits per heavy atom. The molecule has 0 bridgehead atoms. The molecule has 1 aromatic carbocycles. The van der Waals surface area contributed by atoms with E-state index in [-0.39, 0.29) is 37.5 Å². The van der Waals surface area contributed by atoms with Crippen molar-refractivity contribution < 1.29 is 39.9 Å². The summed E-state index contributed by atoms with van der Waals surface area (Å²) in [4.78, 5) is 43.0. The number of aliphatic hydroxyl groups excluding tert-OH is 3. The Morgan fingerprint density at radius 1 is 1.02 bits per heavy atom. The number of aromatic hydroxyl groups is 1. The minimum absolute atomic E-state index is 0.0223. The Kier molecular flexibility index (Phi) is 10.6. The first-order chi connectivity index (χ1) is 20.3. The topological polar surface area (TPSA) is 168 Å². The second-order valence-electron chi connectivity index (χ2n) is 10.9. The third kappa shape index (κ3) is 6.95. The fourth-order valence-corrected chi connectivity index (χ4v) is 6.19. The Hall–Kier alpha value is -3.86. The molecule has 224 valence electrons. The van der Waals surface area contributed by atoms with Crippen LogP contribution >= 0.6 is 0 Å². The van der Waals surface area contributed by atoms with E-state index >= 15 is 0 Å². The van der Waals surface area contributed by atoms with Gasteiger partial charge in [0.1, 0.15) is 5.75 Å². The second kappa shape index (κ2) is 14.4. The number of imide groups is 1. The number of aliphatic carboxylic acids is 1. The lowest BCUT2D eigenvalue weighted by Gasteiger charge is -2.36. The predicted molar refractivity (Wildman–Crippen MR) is 155 cm³/mol. The molecule has 1 aliphatic heterocycles. The van der Waals surface area contributed by atoms with Gasteiger partial charge in [-0.25, -0.2) is 0 Å². The molecule has 0 radical (unpaired) electrons. The van der Waals surface area contributed by atoms with Crippen LogP contribution < -0.4 is 0 Å². The second-order valence-corrected chi connectivity index (χ2v) is 10.9. The number of rotatable bonds is 14. The number of para-hydroxylation sites is 1. The van der Waals surface area contributed by atoms with Gasteiger partial charge >= 0.3 is 5.97 Å². The Bertz CT molecular complexity index is 1340. The maximum absolute atomic E-state index is 13.4. The first-order valence-corrected chi connectivity index (χ1v) is 14.3. The highest BCUT2D eigenvalue weighted by Crippen LogP contribution is 2.46. The van der Waals surface area contributed by atoms with Crippen molar-refractivity contribution in [3.05, 3.63) is 71.1 Å². The number of aromatic nitrogens is 1. The molecule has 2 aromatic rings. The van der Waals surface area contributed by atoms with Crippen LogP contribution in [0.2, 0.25) is 0 Å². The number of hydrogen-bond acceptors (Lipinski definition) is 8. The minimum Gasteiger partial charge on any atom is -0.507 e. The van der Waals surface area contributed by atoms with Crippen LogP contribution in [0.15, 0.2) is 59.8 Å². The maximum Gasteiger partial charge on any atom is 0.303 e. The molecule has 10 nitrogen and oxygen atoms in total. The number of fused-ring (bicyclic) bond motifs is 1. The van der Waals surface area contributed by atoms with Crippen molar-refractivity contribution in [1.29, 1.82) is 0 Å². The summed E-state index contributed by atoms with van der Waals surface area (Å²) in [6, 6.07) is 12.3. The number of likely N-dealkylation sites (tertiary alicyclic amines) is 1. The maximum atomic E-state index is 13.4. The molecule has 1 aliphatic carbocycles. The first-order valence-electron chi connectivity index (χ1n) is 14.3. The molecule has 1 fully saturated rings. The number of pyridine rings is 1. The number of hydrogen-bond donors (Lipinski definition) is 5. The van der Waals surface area contributed by atoms with Gasteiger partial charge in [0, 0.05) is 30.6 Å². The molecule has 42 heavy (non-hydrogen) atoms. The molecule has 2 aliphatic rings. The van der Waals surface area contributed by atoms with Gasteiger partial charge in [0.2, 0.25) is 11.8 Å². The number of unbranched alkanes of at least 4 members (excludes halogenated alkanes) is 2. The molecule has 5 N–H and O–H groups in total. The van der Waals surface area contributed by atoms with Crippen LogP contribution in [-0.4, -0.2) is 79.1 Å². The van der Waals surface area contributed by atoms with E-state index in [0.717, 1.165) is 5.57 Å². The van der Waals surface area contributed by atoms with Gasteiger partial charge in [-0.05, 0) is 73.1 Å². The first kappa shape index (κ1) is 31.1. The zero-order chi connectivity index (χ0) is 30.2. The van der Waals surface area contributed by atoms with E-state index in [1.54, 1.807) is 42.6 Å². The number of allylic oxidation sites excluding steroid dienone is 1. The minimum atomic E-state index is -1.10. The lowest BCUT2D eigenvalue weighted by atomic mass is 9.68. The Labute approximate surface area is 244 Å². The number of carbonyl (C=O) groups excluding carboxylic acids is 2. The van der Waals surface area contributed by atoms with Gasteiger partial charge in [0.05, 0.1) is 36.8 Å². The van der Waals surface area contributed by atoms with Crippen LogP contribution in [0, 0.1) is 17.8 Å². The van der Waals surface area contributed by atoms with Crippen LogP contribution in [0.4, 0.5) is 0 Å². The number of carboxylic acids is 1. The van der Waals surface area contributed by atoms with Crippen LogP contribution in [0.1, 0.15) is 56.2 Å². The van der Waals surface area contributed by atoms with Crippen molar-refractivity contribution in [3.8, 4) is 5.75 Å². The lowest BCUT2D eigenvalue weighted by molar-refractivity contribution is -0.141. The largest absolute Gasteiger partial charge is 0.507 e. The monoisotopic (exact) mass is 578 g/mol. The van der Waals surface area contributed by atoms with E-state index in [4.69, 9.17) is 5.11 Å². The summed E-state index contributed by atoms with van der Waals surface area (Å²) in [6.45, 7) is -0.716. The molecular weight excluding hydrogens is 540 g/mol. The average molecular weight is 579 g/mol. The van der Waals surface area contributed by atoms with Crippen molar-refractivity contribution in [3.63, 3.8) is 0 Å². The van der Waals surface area contributed by atoms with Crippen LogP contribution in [0.5, 0.6) is 5.75 Å². The highest BCUT2D eigenvalue weighted by atomic mass is 16.4. The summed E-state index contributed by atoms with van der Waals surface area (Å²) < 4.78 is 0. The fraction of sp³-hybridized carbons (Fsp3) is 0.438. The summed E-state index contributed by atoms with van der Waals surface area (Å²) in [5, 5.41) is 51.2. The molecule has 10 heteroatoms. The number of benzene rings is 1. The number of carboxylic acid groups (broad SMARTS) is 1. The highest BCUT2D eigenvalue weighted by Gasteiger charge is 2.54. The highest BCUT2D eigenvalue weighted by molar-refractivity contribution is 6.05. The van der Waals surface area contributed by atoms with Crippen molar-refractivity contribution in [2.45, 2.75) is 51.0 Å². The van der Waals surface area contributed by atoms with E-state index in [0.29, 0.717) is 48.1 Å². The Balaban J connectivity index is 1.53. The summed E-state index contributed by atoms with van der Waals surface area (Å²) in [7, 11) is 0. The molecular formula is C32H38N2O8. The molecule has 2 heterocycles. The molecule has 1 aromatic heterocycles. The molecule has 0 saturated carbocycles. The number of phenols is 1. The number of amides is 2. The third-order valence-electron chi connectivity index (χ3n) is 8.24. The summed E-state index contributed by atoms with van der Waals surface area (Å²) in [6.07, 6.45) is 4.51.